The lowest BCUT2D eigenvalue weighted by Crippen LogP contribution is -2.31. The first-order valence-corrected chi connectivity index (χ1v) is 8.54. The molecule has 2 N–H and O–H groups in total. The Balaban J connectivity index is 1.74. The second-order valence-corrected chi connectivity index (χ2v) is 6.16. The minimum Gasteiger partial charge on any atom is -0.344 e. The van der Waals surface area contributed by atoms with Crippen LogP contribution in [-0.2, 0) is 0 Å². The van der Waals surface area contributed by atoms with Gasteiger partial charge in [-0.05, 0) is 57.0 Å². The molecule has 0 bridgehead atoms. The first kappa shape index (κ1) is 16.6. The molecule has 1 aliphatic rings. The van der Waals surface area contributed by atoms with E-state index >= 15 is 0 Å². The standard InChI is InChI=1S/C17H24N6O/c1-3-15(13-4-8-18-9-5-13)20-17(24)16-12(2)23(22-21-16)14-6-10-19-11-7-14/h4-5,8-9,14-15,19H,3,6-7,10-11H2,1-2H3,(H,20,24). The number of hydrogen-bond donors (Lipinski definition) is 2. The van der Waals surface area contributed by atoms with E-state index in [0.29, 0.717) is 11.7 Å². The van der Waals surface area contributed by atoms with E-state index in [9.17, 15) is 4.79 Å². The Hall–Kier alpha value is -2.28. The number of aromatic nitrogens is 4. The number of pyridine rings is 1. The second kappa shape index (κ2) is 7.53. The van der Waals surface area contributed by atoms with Gasteiger partial charge in [0, 0.05) is 12.4 Å². The van der Waals surface area contributed by atoms with Crippen LogP contribution in [0.5, 0.6) is 0 Å². The molecule has 1 saturated heterocycles. The summed E-state index contributed by atoms with van der Waals surface area (Å²) >= 11 is 0. The van der Waals surface area contributed by atoms with E-state index in [0.717, 1.165) is 43.6 Å². The zero-order valence-electron chi connectivity index (χ0n) is 14.2. The van der Waals surface area contributed by atoms with Crippen molar-refractivity contribution in [3.8, 4) is 0 Å². The van der Waals surface area contributed by atoms with Gasteiger partial charge in [0.1, 0.15) is 0 Å². The molecule has 3 heterocycles. The molecule has 0 radical (unpaired) electrons. The van der Waals surface area contributed by atoms with Gasteiger partial charge in [-0.2, -0.15) is 0 Å². The van der Waals surface area contributed by atoms with Gasteiger partial charge in [-0.1, -0.05) is 12.1 Å². The number of piperidine rings is 1. The van der Waals surface area contributed by atoms with Gasteiger partial charge in [0.25, 0.3) is 5.91 Å². The molecule has 1 atom stereocenters. The number of amides is 1. The zero-order valence-corrected chi connectivity index (χ0v) is 14.2. The van der Waals surface area contributed by atoms with Crippen molar-refractivity contribution in [2.24, 2.45) is 0 Å². The Kier molecular flexibility index (Phi) is 5.20. The highest BCUT2D eigenvalue weighted by molar-refractivity contribution is 5.93. The number of nitrogens with zero attached hydrogens (tertiary/aromatic N) is 4. The van der Waals surface area contributed by atoms with E-state index in [4.69, 9.17) is 0 Å². The highest BCUT2D eigenvalue weighted by Crippen LogP contribution is 2.21. The van der Waals surface area contributed by atoms with E-state index in [1.807, 2.05) is 30.7 Å². The fourth-order valence-electron chi connectivity index (χ4n) is 3.19. The molecule has 1 unspecified atom stereocenters. The van der Waals surface area contributed by atoms with E-state index in [2.05, 4.69) is 25.9 Å². The van der Waals surface area contributed by atoms with Crippen LogP contribution in [0.15, 0.2) is 24.5 Å². The Morgan fingerprint density at radius 1 is 1.38 bits per heavy atom. The van der Waals surface area contributed by atoms with Gasteiger partial charge in [-0.3, -0.25) is 9.78 Å². The molecule has 0 spiro atoms. The predicted octanol–water partition coefficient (Wildman–Crippen LogP) is 1.79. The average Bonchev–Trinajstić information content (AvgIpc) is 3.02. The highest BCUT2D eigenvalue weighted by Gasteiger charge is 2.24. The first-order chi connectivity index (χ1) is 11.7. The molecule has 1 aliphatic heterocycles. The molecule has 0 aliphatic carbocycles. The molecular formula is C17H24N6O. The molecule has 3 rings (SSSR count). The molecule has 2 aromatic rings. The Labute approximate surface area is 141 Å². The lowest BCUT2D eigenvalue weighted by atomic mass is 10.1. The summed E-state index contributed by atoms with van der Waals surface area (Å²) in [6, 6.07) is 4.12. The Bertz CT molecular complexity index is 678. The third-order valence-corrected chi connectivity index (χ3v) is 4.62. The smallest absolute Gasteiger partial charge is 0.274 e. The number of rotatable bonds is 5. The van der Waals surface area contributed by atoms with Crippen molar-refractivity contribution >= 4 is 5.91 Å². The molecule has 128 valence electrons. The second-order valence-electron chi connectivity index (χ2n) is 6.16. The summed E-state index contributed by atoms with van der Waals surface area (Å²) < 4.78 is 1.91. The van der Waals surface area contributed by atoms with Crippen LogP contribution in [-0.4, -0.2) is 39.0 Å². The maximum absolute atomic E-state index is 12.6. The monoisotopic (exact) mass is 328 g/mol. The third kappa shape index (κ3) is 3.46. The van der Waals surface area contributed by atoms with Gasteiger partial charge in [-0.15, -0.1) is 5.10 Å². The van der Waals surface area contributed by atoms with Crippen molar-refractivity contribution < 1.29 is 4.79 Å². The van der Waals surface area contributed by atoms with Crippen LogP contribution in [0.25, 0.3) is 0 Å². The van der Waals surface area contributed by atoms with Crippen LogP contribution in [0.4, 0.5) is 0 Å². The molecule has 1 fully saturated rings. The van der Waals surface area contributed by atoms with Crippen molar-refractivity contribution in [3.05, 3.63) is 41.5 Å². The molecule has 24 heavy (non-hydrogen) atoms. The van der Waals surface area contributed by atoms with Gasteiger partial charge in [0.05, 0.1) is 17.8 Å². The quantitative estimate of drug-likeness (QED) is 0.874. The molecule has 2 aromatic heterocycles. The minimum atomic E-state index is -0.170. The zero-order chi connectivity index (χ0) is 16.9. The molecule has 7 nitrogen and oxygen atoms in total. The Morgan fingerprint density at radius 2 is 2.08 bits per heavy atom. The SMILES string of the molecule is CCC(NC(=O)c1nnn(C2CCNCC2)c1C)c1ccncc1. The van der Waals surface area contributed by atoms with Crippen LogP contribution < -0.4 is 10.6 Å². The number of nitrogens with one attached hydrogen (secondary N) is 2. The normalized spacial score (nSPS) is 16.8. The fraction of sp³-hybridized carbons (Fsp3) is 0.529. The summed E-state index contributed by atoms with van der Waals surface area (Å²) in [5.41, 5.74) is 2.30. The topological polar surface area (TPSA) is 84.7 Å². The number of hydrogen-bond acceptors (Lipinski definition) is 5. The summed E-state index contributed by atoms with van der Waals surface area (Å²) in [4.78, 5) is 16.7. The number of carbonyl (C=O) groups excluding carboxylic acids is 1. The van der Waals surface area contributed by atoms with Crippen molar-refractivity contribution in [2.75, 3.05) is 13.1 Å². The van der Waals surface area contributed by atoms with Crippen LogP contribution >= 0.6 is 0 Å². The van der Waals surface area contributed by atoms with Crippen molar-refractivity contribution in [1.82, 2.24) is 30.6 Å². The lowest BCUT2D eigenvalue weighted by molar-refractivity contribution is 0.0929. The molecule has 7 heteroatoms. The largest absolute Gasteiger partial charge is 0.344 e. The van der Waals surface area contributed by atoms with E-state index in [1.165, 1.54) is 0 Å². The van der Waals surface area contributed by atoms with Gasteiger partial charge < -0.3 is 10.6 Å². The maximum Gasteiger partial charge on any atom is 0.274 e. The Morgan fingerprint density at radius 3 is 2.75 bits per heavy atom. The lowest BCUT2D eigenvalue weighted by Gasteiger charge is -2.23. The molecular weight excluding hydrogens is 304 g/mol. The average molecular weight is 328 g/mol. The van der Waals surface area contributed by atoms with Crippen LogP contribution in [0.3, 0.4) is 0 Å². The third-order valence-electron chi connectivity index (χ3n) is 4.62. The molecule has 1 amide bonds. The summed E-state index contributed by atoms with van der Waals surface area (Å²) in [6.45, 7) is 5.92. The summed E-state index contributed by atoms with van der Waals surface area (Å²) in [7, 11) is 0. The molecule has 0 saturated carbocycles. The maximum atomic E-state index is 12.6. The van der Waals surface area contributed by atoms with E-state index in [1.54, 1.807) is 12.4 Å². The van der Waals surface area contributed by atoms with Crippen molar-refractivity contribution in [1.29, 1.82) is 0 Å². The van der Waals surface area contributed by atoms with Crippen molar-refractivity contribution in [2.45, 2.75) is 45.2 Å². The van der Waals surface area contributed by atoms with Gasteiger partial charge in [0.2, 0.25) is 0 Å². The number of carbonyl (C=O) groups is 1. The predicted molar refractivity (Wildman–Crippen MR) is 90.6 cm³/mol. The molecule has 0 aromatic carbocycles. The first-order valence-electron chi connectivity index (χ1n) is 8.54. The van der Waals surface area contributed by atoms with Gasteiger partial charge >= 0.3 is 0 Å². The fourth-order valence-corrected chi connectivity index (χ4v) is 3.19. The minimum absolute atomic E-state index is 0.0519. The summed E-state index contributed by atoms with van der Waals surface area (Å²) in [5.74, 6) is -0.170. The van der Waals surface area contributed by atoms with Crippen LogP contribution in [0.2, 0.25) is 0 Å². The summed E-state index contributed by atoms with van der Waals surface area (Å²) in [5, 5.41) is 14.8. The van der Waals surface area contributed by atoms with E-state index in [-0.39, 0.29) is 11.9 Å². The van der Waals surface area contributed by atoms with Crippen LogP contribution in [0.1, 0.15) is 60.0 Å². The van der Waals surface area contributed by atoms with Gasteiger partial charge in [-0.25, -0.2) is 4.68 Å². The summed E-state index contributed by atoms with van der Waals surface area (Å²) in [6.07, 6.45) is 6.31. The highest BCUT2D eigenvalue weighted by atomic mass is 16.2. The van der Waals surface area contributed by atoms with E-state index < -0.39 is 0 Å². The van der Waals surface area contributed by atoms with Crippen LogP contribution in [0, 0.1) is 6.92 Å². The van der Waals surface area contributed by atoms with Gasteiger partial charge in [0.15, 0.2) is 5.69 Å². The van der Waals surface area contributed by atoms with Crippen molar-refractivity contribution in [3.63, 3.8) is 0 Å².